The van der Waals surface area contributed by atoms with Crippen LogP contribution in [0.4, 0.5) is 10.9 Å². The molecular formula is C14H23N5OS. The van der Waals surface area contributed by atoms with Crippen molar-refractivity contribution in [3.05, 3.63) is 4.88 Å². The summed E-state index contributed by atoms with van der Waals surface area (Å²) in [6, 6.07) is 0.519. The van der Waals surface area contributed by atoms with Crippen molar-refractivity contribution in [2.45, 2.75) is 31.7 Å². The third-order valence-electron chi connectivity index (χ3n) is 4.15. The zero-order valence-electron chi connectivity index (χ0n) is 12.4. The van der Waals surface area contributed by atoms with E-state index >= 15 is 0 Å². The maximum absolute atomic E-state index is 12.2. The van der Waals surface area contributed by atoms with Crippen molar-refractivity contribution in [3.8, 4) is 0 Å². The van der Waals surface area contributed by atoms with Gasteiger partial charge in [0, 0.05) is 12.6 Å². The smallest absolute Gasteiger partial charge is 0.265 e. The maximum atomic E-state index is 12.2. The van der Waals surface area contributed by atoms with Gasteiger partial charge in [-0.15, -0.1) is 0 Å². The van der Waals surface area contributed by atoms with Gasteiger partial charge in [0.15, 0.2) is 5.13 Å². The first-order chi connectivity index (χ1) is 10.1. The van der Waals surface area contributed by atoms with Gasteiger partial charge in [-0.25, -0.2) is 4.98 Å². The Bertz CT molecular complexity index is 505. The molecule has 3 rings (SSSR count). The Morgan fingerprint density at radius 2 is 2.10 bits per heavy atom. The minimum Gasteiger partial charge on any atom is -0.382 e. The Kier molecular flexibility index (Phi) is 4.30. The van der Waals surface area contributed by atoms with Crippen molar-refractivity contribution in [2.24, 2.45) is 5.92 Å². The monoisotopic (exact) mass is 309 g/mol. The van der Waals surface area contributed by atoms with Crippen molar-refractivity contribution < 1.29 is 4.79 Å². The van der Waals surface area contributed by atoms with Crippen LogP contribution in [0.15, 0.2) is 0 Å². The Morgan fingerprint density at radius 1 is 1.38 bits per heavy atom. The summed E-state index contributed by atoms with van der Waals surface area (Å²) in [4.78, 5) is 19.3. The highest BCUT2D eigenvalue weighted by Crippen LogP contribution is 2.30. The van der Waals surface area contributed by atoms with Gasteiger partial charge in [0.25, 0.3) is 5.91 Å². The van der Waals surface area contributed by atoms with Crippen molar-refractivity contribution in [1.29, 1.82) is 0 Å². The van der Waals surface area contributed by atoms with Gasteiger partial charge < -0.3 is 21.3 Å². The summed E-state index contributed by atoms with van der Waals surface area (Å²) in [6.07, 6.45) is 4.64. The molecule has 1 aromatic rings. The summed E-state index contributed by atoms with van der Waals surface area (Å²) < 4.78 is 0. The number of nitrogen functional groups attached to an aromatic ring is 1. The lowest BCUT2D eigenvalue weighted by Crippen LogP contribution is -2.36. The number of carbonyl (C=O) groups is 1. The number of likely N-dealkylation sites (tertiary alicyclic amines) is 1. The van der Waals surface area contributed by atoms with E-state index in [1.165, 1.54) is 24.2 Å². The topological polar surface area (TPSA) is 83.3 Å². The Balaban J connectivity index is 1.51. The molecule has 0 unspecified atom stereocenters. The van der Waals surface area contributed by atoms with Crippen LogP contribution in [0.2, 0.25) is 0 Å². The number of amides is 1. The summed E-state index contributed by atoms with van der Waals surface area (Å²) in [6.45, 7) is 2.95. The van der Waals surface area contributed by atoms with Gasteiger partial charge >= 0.3 is 0 Å². The number of piperidine rings is 1. The van der Waals surface area contributed by atoms with E-state index < -0.39 is 0 Å². The fourth-order valence-electron chi connectivity index (χ4n) is 2.54. The first kappa shape index (κ1) is 14.6. The van der Waals surface area contributed by atoms with Gasteiger partial charge in [-0.1, -0.05) is 11.3 Å². The molecule has 1 amide bonds. The first-order valence-corrected chi connectivity index (χ1v) is 8.43. The van der Waals surface area contributed by atoms with E-state index in [2.05, 4.69) is 27.6 Å². The van der Waals surface area contributed by atoms with Crippen molar-refractivity contribution in [2.75, 3.05) is 37.7 Å². The third kappa shape index (κ3) is 3.85. The molecule has 21 heavy (non-hydrogen) atoms. The number of anilines is 2. The van der Waals surface area contributed by atoms with E-state index in [1.54, 1.807) is 0 Å². The molecule has 1 saturated heterocycles. The van der Waals surface area contributed by atoms with Gasteiger partial charge in [-0.3, -0.25) is 4.79 Å². The lowest BCUT2D eigenvalue weighted by Gasteiger charge is -2.28. The van der Waals surface area contributed by atoms with Crippen molar-refractivity contribution in [1.82, 2.24) is 15.2 Å². The number of nitrogens with one attached hydrogen (secondary N) is 2. The van der Waals surface area contributed by atoms with E-state index in [-0.39, 0.29) is 5.91 Å². The average molecular weight is 309 g/mol. The Morgan fingerprint density at radius 3 is 2.76 bits per heavy atom. The highest BCUT2D eigenvalue weighted by atomic mass is 32.1. The van der Waals surface area contributed by atoms with Gasteiger partial charge in [0.1, 0.15) is 10.7 Å². The number of carbonyl (C=O) groups excluding carboxylic acids is 1. The number of aromatic nitrogens is 1. The molecule has 0 radical (unpaired) electrons. The number of nitrogens with zero attached hydrogens (tertiary/aromatic N) is 2. The lowest BCUT2D eigenvalue weighted by atomic mass is 9.97. The summed E-state index contributed by atoms with van der Waals surface area (Å²) in [7, 11) is 2.14. The second-order valence-corrected chi connectivity index (χ2v) is 7.11. The molecule has 0 aromatic carbocycles. The average Bonchev–Trinajstić information content (AvgIpc) is 3.19. The fourth-order valence-corrected chi connectivity index (χ4v) is 3.42. The largest absolute Gasteiger partial charge is 0.382 e. The maximum Gasteiger partial charge on any atom is 0.265 e. The Labute approximate surface area is 129 Å². The van der Waals surface area contributed by atoms with Crippen LogP contribution in [-0.2, 0) is 0 Å². The molecule has 7 heteroatoms. The molecular weight excluding hydrogens is 286 g/mol. The lowest BCUT2D eigenvalue weighted by molar-refractivity contribution is 0.0944. The predicted molar refractivity (Wildman–Crippen MR) is 85.7 cm³/mol. The zero-order chi connectivity index (χ0) is 14.8. The van der Waals surface area contributed by atoms with Crippen LogP contribution in [0.25, 0.3) is 0 Å². The summed E-state index contributed by atoms with van der Waals surface area (Å²) in [5.41, 5.74) is 5.86. The molecule has 1 saturated carbocycles. The minimum absolute atomic E-state index is 0.0900. The predicted octanol–water partition coefficient (Wildman–Crippen LogP) is 1.37. The van der Waals surface area contributed by atoms with Crippen LogP contribution in [0.3, 0.4) is 0 Å². The van der Waals surface area contributed by atoms with E-state index in [9.17, 15) is 4.79 Å². The Hall–Kier alpha value is -1.34. The SMILES string of the molecule is CN1CCC(CNC(=O)c2sc(NC3CC3)nc2N)CC1. The second kappa shape index (κ2) is 6.19. The van der Waals surface area contributed by atoms with Crippen LogP contribution in [0.1, 0.15) is 35.4 Å². The number of thiazole rings is 1. The highest BCUT2D eigenvalue weighted by molar-refractivity contribution is 7.18. The molecule has 4 N–H and O–H groups in total. The van der Waals surface area contributed by atoms with Crippen molar-refractivity contribution >= 4 is 28.2 Å². The fraction of sp³-hybridized carbons (Fsp3) is 0.714. The molecule has 1 aromatic heterocycles. The summed E-state index contributed by atoms with van der Waals surface area (Å²) in [5.74, 6) is 0.820. The van der Waals surface area contributed by atoms with Gasteiger partial charge in [0.2, 0.25) is 0 Å². The number of rotatable bonds is 5. The van der Waals surface area contributed by atoms with Crippen LogP contribution < -0.4 is 16.4 Å². The highest BCUT2D eigenvalue weighted by Gasteiger charge is 2.24. The van der Waals surface area contributed by atoms with E-state index in [1.807, 2.05) is 0 Å². The molecule has 1 aliphatic heterocycles. The van der Waals surface area contributed by atoms with Crippen LogP contribution >= 0.6 is 11.3 Å². The van der Waals surface area contributed by atoms with Gasteiger partial charge in [-0.05, 0) is 51.7 Å². The minimum atomic E-state index is -0.0900. The van der Waals surface area contributed by atoms with Crippen LogP contribution in [0, 0.1) is 5.92 Å². The van der Waals surface area contributed by atoms with E-state index in [0.717, 1.165) is 37.6 Å². The summed E-state index contributed by atoms with van der Waals surface area (Å²) >= 11 is 1.36. The van der Waals surface area contributed by atoms with Gasteiger partial charge in [-0.2, -0.15) is 0 Å². The first-order valence-electron chi connectivity index (χ1n) is 7.61. The molecule has 0 atom stereocenters. The molecule has 1 aliphatic carbocycles. The second-order valence-electron chi connectivity index (χ2n) is 6.11. The van der Waals surface area contributed by atoms with E-state index in [0.29, 0.717) is 22.7 Å². The normalized spacial score (nSPS) is 20.4. The molecule has 0 spiro atoms. The number of nitrogens with two attached hydrogens (primary N) is 1. The quantitative estimate of drug-likeness (QED) is 0.765. The zero-order valence-corrected chi connectivity index (χ0v) is 13.2. The van der Waals surface area contributed by atoms with Crippen LogP contribution in [0.5, 0.6) is 0 Å². The molecule has 2 aliphatic rings. The number of hydrogen-bond acceptors (Lipinski definition) is 6. The molecule has 2 fully saturated rings. The molecule has 0 bridgehead atoms. The third-order valence-corrected chi connectivity index (χ3v) is 5.16. The van der Waals surface area contributed by atoms with Crippen LogP contribution in [-0.4, -0.2) is 48.5 Å². The summed E-state index contributed by atoms with van der Waals surface area (Å²) in [5, 5.41) is 7.06. The van der Waals surface area contributed by atoms with Crippen molar-refractivity contribution in [3.63, 3.8) is 0 Å². The van der Waals surface area contributed by atoms with Gasteiger partial charge in [0.05, 0.1) is 0 Å². The molecule has 6 nitrogen and oxygen atoms in total. The van der Waals surface area contributed by atoms with E-state index in [4.69, 9.17) is 5.73 Å². The molecule has 2 heterocycles. The molecule has 116 valence electrons. The number of hydrogen-bond donors (Lipinski definition) is 3. The standard InChI is InChI=1S/C14H23N5OS/c1-19-6-4-9(5-7-19)8-16-13(20)11-12(15)18-14(21-11)17-10-2-3-10/h9-10H,2-8,15H2,1H3,(H,16,20)(H,17,18).